The van der Waals surface area contributed by atoms with Gasteiger partial charge in [0, 0.05) is 29.8 Å². The predicted octanol–water partition coefficient (Wildman–Crippen LogP) is 5.18. The van der Waals surface area contributed by atoms with Crippen LogP contribution in [-0.2, 0) is 0 Å². The first-order valence-electron chi connectivity index (χ1n) is 10.6. The zero-order valence-electron chi connectivity index (χ0n) is 17.1. The van der Waals surface area contributed by atoms with Gasteiger partial charge in [0.1, 0.15) is 11.8 Å². The van der Waals surface area contributed by atoms with Crippen molar-refractivity contribution >= 4 is 23.0 Å². The van der Waals surface area contributed by atoms with Crippen LogP contribution in [0.3, 0.4) is 0 Å². The van der Waals surface area contributed by atoms with E-state index in [-0.39, 0.29) is 12.1 Å². The fraction of sp³-hybridized carbons (Fsp3) is 0.333. The maximum atomic E-state index is 5.84. The standard InChI is InChI=1S/C24H26N4OS/c1-29-19-13-11-18(12-14-19)28-23(21-10-6-16-27(21)17-7-2-3-8-17)22(26-24(28)30)20-9-4-5-15-25-20/h4-6,9-17,22-23H,2-3,7-8H2,1H3,(H,26,30)/t22-,23-/m0/s1. The van der Waals surface area contributed by atoms with E-state index in [9.17, 15) is 0 Å². The van der Waals surface area contributed by atoms with Crippen molar-refractivity contribution in [3.05, 3.63) is 78.4 Å². The molecule has 5 nitrogen and oxygen atoms in total. The van der Waals surface area contributed by atoms with Gasteiger partial charge in [-0.25, -0.2) is 0 Å². The van der Waals surface area contributed by atoms with E-state index in [0.717, 1.165) is 22.2 Å². The Kier molecular flexibility index (Phi) is 5.17. The van der Waals surface area contributed by atoms with Crippen molar-refractivity contribution in [3.8, 4) is 5.75 Å². The number of rotatable bonds is 5. The van der Waals surface area contributed by atoms with Gasteiger partial charge >= 0.3 is 0 Å². The molecule has 0 unspecified atom stereocenters. The van der Waals surface area contributed by atoms with Gasteiger partial charge in [-0.1, -0.05) is 18.9 Å². The molecular formula is C24H26N4OS. The average Bonchev–Trinajstić information content (AvgIpc) is 3.53. The summed E-state index contributed by atoms with van der Waals surface area (Å²) in [6.07, 6.45) is 9.16. The van der Waals surface area contributed by atoms with E-state index in [4.69, 9.17) is 17.0 Å². The third kappa shape index (κ3) is 3.35. The van der Waals surface area contributed by atoms with Gasteiger partial charge in [0.2, 0.25) is 0 Å². The first-order chi connectivity index (χ1) is 14.8. The lowest BCUT2D eigenvalue weighted by Gasteiger charge is -2.30. The molecule has 0 radical (unpaired) electrons. The number of nitrogens with one attached hydrogen (secondary N) is 1. The lowest BCUT2D eigenvalue weighted by molar-refractivity contribution is 0.414. The zero-order chi connectivity index (χ0) is 20.5. The first-order valence-corrected chi connectivity index (χ1v) is 11.0. The molecule has 1 saturated carbocycles. The van der Waals surface area contributed by atoms with E-state index < -0.39 is 0 Å². The Morgan fingerprint density at radius 3 is 2.53 bits per heavy atom. The molecule has 0 spiro atoms. The Hall–Kier alpha value is -2.86. The Balaban J connectivity index is 1.60. The summed E-state index contributed by atoms with van der Waals surface area (Å²) in [5.41, 5.74) is 3.33. The van der Waals surface area contributed by atoms with Crippen molar-refractivity contribution in [2.24, 2.45) is 0 Å². The Bertz CT molecular complexity index is 1010. The van der Waals surface area contributed by atoms with Gasteiger partial charge in [-0.3, -0.25) is 4.98 Å². The molecular weight excluding hydrogens is 392 g/mol. The molecule has 3 aromatic rings. The smallest absolute Gasteiger partial charge is 0.174 e. The molecule has 3 heterocycles. The van der Waals surface area contributed by atoms with E-state index in [1.54, 1.807) is 7.11 Å². The minimum absolute atomic E-state index is 0.0177. The average molecular weight is 419 g/mol. The van der Waals surface area contributed by atoms with Crippen molar-refractivity contribution in [2.75, 3.05) is 12.0 Å². The first kappa shape index (κ1) is 19.1. The number of hydrogen-bond acceptors (Lipinski definition) is 3. The van der Waals surface area contributed by atoms with Crippen molar-refractivity contribution in [1.29, 1.82) is 0 Å². The number of hydrogen-bond donors (Lipinski definition) is 1. The van der Waals surface area contributed by atoms with Gasteiger partial charge in [0.05, 0.1) is 18.8 Å². The second-order valence-electron chi connectivity index (χ2n) is 7.97. The molecule has 1 N–H and O–H groups in total. The second kappa shape index (κ2) is 8.11. The van der Waals surface area contributed by atoms with Gasteiger partial charge in [0.25, 0.3) is 0 Å². The van der Waals surface area contributed by atoms with Crippen LogP contribution >= 0.6 is 12.2 Å². The van der Waals surface area contributed by atoms with Crippen LogP contribution in [0.4, 0.5) is 5.69 Å². The monoisotopic (exact) mass is 418 g/mol. The van der Waals surface area contributed by atoms with E-state index in [2.05, 4.69) is 56.3 Å². The van der Waals surface area contributed by atoms with E-state index in [0.29, 0.717) is 6.04 Å². The molecule has 154 valence electrons. The summed E-state index contributed by atoms with van der Waals surface area (Å²) in [7, 11) is 1.69. The van der Waals surface area contributed by atoms with Crippen LogP contribution in [0.1, 0.15) is 55.2 Å². The van der Waals surface area contributed by atoms with Crippen LogP contribution in [0.5, 0.6) is 5.75 Å². The zero-order valence-corrected chi connectivity index (χ0v) is 17.9. The molecule has 2 aliphatic rings. The molecule has 1 saturated heterocycles. The molecule has 30 heavy (non-hydrogen) atoms. The summed E-state index contributed by atoms with van der Waals surface area (Å²) in [5.74, 6) is 0.837. The molecule has 6 heteroatoms. The third-order valence-electron chi connectivity index (χ3n) is 6.28. The lowest BCUT2D eigenvalue weighted by Crippen LogP contribution is -2.30. The highest BCUT2D eigenvalue weighted by atomic mass is 32.1. The summed E-state index contributed by atoms with van der Waals surface area (Å²) in [6, 6.07) is 19.2. The molecule has 2 atom stereocenters. The highest BCUT2D eigenvalue weighted by Gasteiger charge is 2.42. The fourth-order valence-corrected chi connectivity index (χ4v) is 5.19. The largest absolute Gasteiger partial charge is 0.497 e. The van der Waals surface area contributed by atoms with E-state index in [1.165, 1.54) is 31.4 Å². The molecule has 0 bridgehead atoms. The molecule has 2 aromatic heterocycles. The van der Waals surface area contributed by atoms with E-state index >= 15 is 0 Å². The summed E-state index contributed by atoms with van der Waals surface area (Å²) < 4.78 is 7.83. The SMILES string of the molecule is COc1ccc(N2C(=S)N[C@@H](c3ccccn3)[C@@H]2c2cccn2C2CCCC2)cc1. The normalized spacial score (nSPS) is 21.8. The molecule has 1 aromatic carbocycles. The van der Waals surface area contributed by atoms with Gasteiger partial charge in [0.15, 0.2) is 5.11 Å². The van der Waals surface area contributed by atoms with Crippen LogP contribution in [0.2, 0.25) is 0 Å². The van der Waals surface area contributed by atoms with E-state index in [1.807, 2.05) is 30.5 Å². The van der Waals surface area contributed by atoms with Gasteiger partial charge in [-0.05, 0) is 73.6 Å². The molecule has 1 aliphatic carbocycles. The van der Waals surface area contributed by atoms with Crippen LogP contribution in [0, 0.1) is 0 Å². The third-order valence-corrected chi connectivity index (χ3v) is 6.60. The summed E-state index contributed by atoms with van der Waals surface area (Å²) in [5, 5.41) is 4.28. The summed E-state index contributed by atoms with van der Waals surface area (Å²) in [6.45, 7) is 0. The number of anilines is 1. The fourth-order valence-electron chi connectivity index (χ4n) is 4.85. The Labute approximate surface area is 182 Å². The second-order valence-corrected chi connectivity index (χ2v) is 8.36. The number of nitrogens with zero attached hydrogens (tertiary/aromatic N) is 3. The van der Waals surface area contributed by atoms with Gasteiger partial charge in [-0.15, -0.1) is 0 Å². The van der Waals surface area contributed by atoms with Gasteiger partial charge < -0.3 is 19.5 Å². The van der Waals surface area contributed by atoms with Crippen LogP contribution < -0.4 is 15.0 Å². The topological polar surface area (TPSA) is 42.3 Å². The minimum Gasteiger partial charge on any atom is -0.497 e. The van der Waals surface area contributed by atoms with Crippen LogP contribution in [0.15, 0.2) is 67.0 Å². The molecule has 2 fully saturated rings. The summed E-state index contributed by atoms with van der Waals surface area (Å²) >= 11 is 5.84. The van der Waals surface area contributed by atoms with Crippen molar-refractivity contribution in [2.45, 2.75) is 43.8 Å². The Morgan fingerprint density at radius 1 is 1.03 bits per heavy atom. The maximum absolute atomic E-state index is 5.84. The van der Waals surface area contributed by atoms with Crippen LogP contribution in [0.25, 0.3) is 0 Å². The predicted molar refractivity (Wildman–Crippen MR) is 123 cm³/mol. The van der Waals surface area contributed by atoms with Gasteiger partial charge in [-0.2, -0.15) is 0 Å². The number of ether oxygens (including phenoxy) is 1. The molecule has 1 aliphatic heterocycles. The highest BCUT2D eigenvalue weighted by molar-refractivity contribution is 7.80. The number of benzene rings is 1. The molecule has 5 rings (SSSR count). The number of aromatic nitrogens is 2. The number of methoxy groups -OCH3 is 1. The quantitative estimate of drug-likeness (QED) is 0.578. The van der Waals surface area contributed by atoms with Crippen molar-refractivity contribution in [1.82, 2.24) is 14.9 Å². The lowest BCUT2D eigenvalue weighted by atomic mass is 10.00. The number of thiocarbonyl (C=S) groups is 1. The summed E-state index contributed by atoms with van der Waals surface area (Å²) in [4.78, 5) is 6.89. The van der Waals surface area contributed by atoms with Crippen LogP contribution in [-0.4, -0.2) is 21.8 Å². The molecule has 0 amide bonds. The van der Waals surface area contributed by atoms with Crippen molar-refractivity contribution < 1.29 is 4.74 Å². The Morgan fingerprint density at radius 2 is 1.83 bits per heavy atom. The highest BCUT2D eigenvalue weighted by Crippen LogP contribution is 2.43. The maximum Gasteiger partial charge on any atom is 0.174 e. The number of pyridine rings is 1. The van der Waals surface area contributed by atoms with Crippen molar-refractivity contribution in [3.63, 3.8) is 0 Å². The minimum atomic E-state index is -0.0177.